The Kier molecular flexibility index (Phi) is 7.03. The standard InChI is InChI=1S/C21H26N6O3S/c1-14-7-8-22-20(11-14)27-21-12-19(24-13-25-21)23-9-10-26-31(28,29)18-6-5-17(30-4)15(2)16(18)3/h5-8,11-13,26H,9-10H2,1-4H3,(H2,22,23,24,25,27). The zero-order valence-electron chi connectivity index (χ0n) is 17.9. The smallest absolute Gasteiger partial charge is 0.240 e. The van der Waals surface area contributed by atoms with E-state index in [0.29, 0.717) is 35.3 Å². The Morgan fingerprint density at radius 1 is 0.903 bits per heavy atom. The first kappa shape index (κ1) is 22.4. The molecule has 0 spiro atoms. The maximum Gasteiger partial charge on any atom is 0.240 e. The van der Waals surface area contributed by atoms with Crippen LogP contribution in [0.2, 0.25) is 0 Å². The maximum atomic E-state index is 12.7. The molecule has 9 nitrogen and oxygen atoms in total. The van der Waals surface area contributed by atoms with Gasteiger partial charge in [0.15, 0.2) is 0 Å². The van der Waals surface area contributed by atoms with Crippen molar-refractivity contribution in [2.45, 2.75) is 25.7 Å². The van der Waals surface area contributed by atoms with Gasteiger partial charge in [0, 0.05) is 25.4 Å². The third-order valence-electron chi connectivity index (χ3n) is 4.76. The minimum atomic E-state index is -3.64. The Bertz CT molecular complexity index is 1170. The first-order chi connectivity index (χ1) is 14.8. The van der Waals surface area contributed by atoms with Gasteiger partial charge >= 0.3 is 0 Å². The molecule has 0 radical (unpaired) electrons. The van der Waals surface area contributed by atoms with Crippen molar-refractivity contribution in [3.63, 3.8) is 0 Å². The zero-order valence-corrected chi connectivity index (χ0v) is 18.7. The summed E-state index contributed by atoms with van der Waals surface area (Å²) in [6.07, 6.45) is 3.14. The van der Waals surface area contributed by atoms with Crippen LogP contribution in [0.25, 0.3) is 0 Å². The highest BCUT2D eigenvalue weighted by Gasteiger charge is 2.19. The largest absolute Gasteiger partial charge is 0.496 e. The first-order valence-corrected chi connectivity index (χ1v) is 11.2. The normalized spacial score (nSPS) is 11.2. The summed E-state index contributed by atoms with van der Waals surface area (Å²) in [6.45, 7) is 6.13. The lowest BCUT2D eigenvalue weighted by atomic mass is 10.1. The van der Waals surface area contributed by atoms with E-state index in [1.807, 2.05) is 26.0 Å². The molecule has 0 atom stereocenters. The SMILES string of the molecule is COc1ccc(S(=O)(=O)NCCNc2cc(Nc3cc(C)ccn3)ncn2)c(C)c1C. The summed E-state index contributed by atoms with van der Waals surface area (Å²) in [4.78, 5) is 12.8. The number of rotatable bonds is 9. The minimum Gasteiger partial charge on any atom is -0.496 e. The van der Waals surface area contributed by atoms with Crippen LogP contribution in [0, 0.1) is 20.8 Å². The number of aromatic nitrogens is 3. The molecule has 0 saturated carbocycles. The van der Waals surface area contributed by atoms with Crippen molar-refractivity contribution >= 4 is 27.5 Å². The van der Waals surface area contributed by atoms with Crippen molar-refractivity contribution in [1.29, 1.82) is 0 Å². The van der Waals surface area contributed by atoms with Crippen LogP contribution >= 0.6 is 0 Å². The van der Waals surface area contributed by atoms with Gasteiger partial charge in [-0.15, -0.1) is 0 Å². The lowest BCUT2D eigenvalue weighted by Gasteiger charge is -2.14. The second-order valence-electron chi connectivity index (χ2n) is 6.97. The molecule has 0 saturated heterocycles. The molecule has 10 heteroatoms. The van der Waals surface area contributed by atoms with Gasteiger partial charge in [-0.05, 0) is 61.7 Å². The van der Waals surface area contributed by atoms with E-state index in [9.17, 15) is 8.42 Å². The van der Waals surface area contributed by atoms with Crippen molar-refractivity contribution in [2.24, 2.45) is 0 Å². The summed E-state index contributed by atoms with van der Waals surface area (Å²) in [5.41, 5.74) is 2.54. The maximum absolute atomic E-state index is 12.7. The highest BCUT2D eigenvalue weighted by molar-refractivity contribution is 7.89. The number of ether oxygens (including phenoxy) is 1. The van der Waals surface area contributed by atoms with Crippen LogP contribution in [-0.2, 0) is 10.0 Å². The first-order valence-electron chi connectivity index (χ1n) is 9.69. The van der Waals surface area contributed by atoms with Crippen LogP contribution in [0.1, 0.15) is 16.7 Å². The molecule has 0 unspecified atom stereocenters. The highest BCUT2D eigenvalue weighted by Crippen LogP contribution is 2.26. The Balaban J connectivity index is 1.58. The second-order valence-corrected chi connectivity index (χ2v) is 8.71. The summed E-state index contributed by atoms with van der Waals surface area (Å²) < 4.78 is 33.2. The molecule has 3 rings (SSSR count). The van der Waals surface area contributed by atoms with E-state index in [-0.39, 0.29) is 11.4 Å². The third kappa shape index (κ3) is 5.68. The molecule has 0 aliphatic rings. The molecule has 2 aromatic heterocycles. The van der Waals surface area contributed by atoms with Crippen LogP contribution in [-0.4, -0.2) is 43.6 Å². The lowest BCUT2D eigenvalue weighted by molar-refractivity contribution is 0.410. The highest BCUT2D eigenvalue weighted by atomic mass is 32.2. The average Bonchev–Trinajstić information content (AvgIpc) is 2.73. The van der Waals surface area contributed by atoms with Crippen LogP contribution in [0.15, 0.2) is 47.8 Å². The quantitative estimate of drug-likeness (QED) is 0.433. The van der Waals surface area contributed by atoms with Crippen LogP contribution in [0.3, 0.4) is 0 Å². The number of methoxy groups -OCH3 is 1. The summed E-state index contributed by atoms with van der Waals surface area (Å²) >= 11 is 0. The van der Waals surface area contributed by atoms with Gasteiger partial charge in [-0.2, -0.15) is 0 Å². The van der Waals surface area contributed by atoms with E-state index in [0.717, 1.165) is 11.1 Å². The van der Waals surface area contributed by atoms with Crippen LogP contribution in [0.5, 0.6) is 5.75 Å². The van der Waals surface area contributed by atoms with Crippen LogP contribution < -0.4 is 20.1 Å². The molecule has 2 heterocycles. The second kappa shape index (κ2) is 9.71. The van der Waals surface area contributed by atoms with Gasteiger partial charge in [-0.3, -0.25) is 0 Å². The number of pyridine rings is 1. The van der Waals surface area contributed by atoms with E-state index >= 15 is 0 Å². The van der Waals surface area contributed by atoms with Gasteiger partial charge in [0.2, 0.25) is 10.0 Å². The molecule has 0 aliphatic heterocycles. The van der Waals surface area contributed by atoms with E-state index in [2.05, 4.69) is 30.3 Å². The predicted octanol–water partition coefficient (Wildman–Crippen LogP) is 2.94. The van der Waals surface area contributed by atoms with Crippen molar-refractivity contribution in [2.75, 3.05) is 30.8 Å². The van der Waals surface area contributed by atoms with Gasteiger partial charge in [-0.25, -0.2) is 28.1 Å². The molecule has 0 bridgehead atoms. The predicted molar refractivity (Wildman–Crippen MR) is 120 cm³/mol. The number of aryl methyl sites for hydroxylation is 1. The van der Waals surface area contributed by atoms with Gasteiger partial charge in [0.25, 0.3) is 0 Å². The molecule has 3 N–H and O–H groups in total. The van der Waals surface area contributed by atoms with Gasteiger partial charge in [0.05, 0.1) is 12.0 Å². The molecule has 0 aliphatic carbocycles. The lowest BCUT2D eigenvalue weighted by Crippen LogP contribution is -2.29. The third-order valence-corrected chi connectivity index (χ3v) is 6.36. The Hall–Kier alpha value is -3.24. The number of anilines is 3. The number of nitrogens with zero attached hydrogens (tertiary/aromatic N) is 3. The summed E-state index contributed by atoms with van der Waals surface area (Å²) in [5.74, 6) is 2.50. The van der Waals surface area contributed by atoms with Gasteiger partial charge in [0.1, 0.15) is 29.5 Å². The Morgan fingerprint density at radius 2 is 1.65 bits per heavy atom. The van der Waals surface area contributed by atoms with E-state index in [1.54, 1.807) is 38.4 Å². The Morgan fingerprint density at radius 3 is 2.39 bits per heavy atom. The number of nitrogens with one attached hydrogen (secondary N) is 3. The van der Waals surface area contributed by atoms with E-state index < -0.39 is 10.0 Å². The molecular weight excluding hydrogens is 416 g/mol. The van der Waals surface area contributed by atoms with Crippen molar-refractivity contribution in [3.8, 4) is 5.75 Å². The number of hydrogen-bond donors (Lipinski definition) is 3. The van der Waals surface area contributed by atoms with Crippen molar-refractivity contribution < 1.29 is 13.2 Å². The van der Waals surface area contributed by atoms with Crippen LogP contribution in [0.4, 0.5) is 17.5 Å². The Labute approximate surface area is 182 Å². The fourth-order valence-corrected chi connectivity index (χ4v) is 4.32. The number of sulfonamides is 1. The van der Waals surface area contributed by atoms with Gasteiger partial charge in [-0.1, -0.05) is 0 Å². The van der Waals surface area contributed by atoms with Crippen molar-refractivity contribution in [1.82, 2.24) is 19.7 Å². The molecule has 0 amide bonds. The molecule has 3 aromatic rings. The fraction of sp³-hybridized carbons (Fsp3) is 0.286. The number of benzene rings is 1. The topological polar surface area (TPSA) is 118 Å². The fourth-order valence-electron chi connectivity index (χ4n) is 3.00. The number of hydrogen-bond acceptors (Lipinski definition) is 8. The molecule has 0 fully saturated rings. The average molecular weight is 443 g/mol. The minimum absolute atomic E-state index is 0.194. The summed E-state index contributed by atoms with van der Waals surface area (Å²) in [6, 6.07) is 8.77. The molecule has 1 aromatic carbocycles. The monoisotopic (exact) mass is 442 g/mol. The van der Waals surface area contributed by atoms with Crippen molar-refractivity contribution in [3.05, 3.63) is 59.5 Å². The molecule has 164 valence electrons. The van der Waals surface area contributed by atoms with E-state index in [4.69, 9.17) is 4.74 Å². The summed E-state index contributed by atoms with van der Waals surface area (Å²) in [7, 11) is -2.08. The van der Waals surface area contributed by atoms with Gasteiger partial charge < -0.3 is 15.4 Å². The summed E-state index contributed by atoms with van der Waals surface area (Å²) in [5, 5.41) is 6.21. The molecule has 31 heavy (non-hydrogen) atoms. The van der Waals surface area contributed by atoms with E-state index in [1.165, 1.54) is 6.33 Å². The molecular formula is C21H26N6O3S. The zero-order chi connectivity index (χ0) is 22.4.